The molecule has 2 rings (SSSR count). The number of aryl methyl sites for hydroxylation is 1. The van der Waals surface area contributed by atoms with Crippen LogP contribution in [0.5, 0.6) is 5.75 Å². The van der Waals surface area contributed by atoms with Gasteiger partial charge in [-0.25, -0.2) is 4.39 Å². The van der Waals surface area contributed by atoms with E-state index in [2.05, 4.69) is 10.5 Å². The van der Waals surface area contributed by atoms with E-state index in [4.69, 9.17) is 14.0 Å². The van der Waals surface area contributed by atoms with Crippen molar-refractivity contribution in [3.8, 4) is 5.75 Å². The maximum absolute atomic E-state index is 12.7. The van der Waals surface area contributed by atoms with Crippen LogP contribution in [0.2, 0.25) is 0 Å². The van der Waals surface area contributed by atoms with Crippen molar-refractivity contribution in [3.63, 3.8) is 0 Å². The first-order valence-electron chi connectivity index (χ1n) is 7.38. The number of hydrogen-bond donors (Lipinski definition) is 1. The minimum Gasteiger partial charge on any atom is -0.490 e. The molecular weight excluding hydrogens is 351 g/mol. The number of halogens is 1. The van der Waals surface area contributed by atoms with Gasteiger partial charge in [-0.2, -0.15) is 0 Å². The van der Waals surface area contributed by atoms with E-state index in [9.17, 15) is 14.0 Å². The van der Waals surface area contributed by atoms with Crippen LogP contribution in [0.3, 0.4) is 0 Å². The number of aromatic nitrogens is 1. The van der Waals surface area contributed by atoms with E-state index in [1.165, 1.54) is 24.3 Å². The van der Waals surface area contributed by atoms with Crippen molar-refractivity contribution in [1.82, 2.24) is 5.16 Å². The van der Waals surface area contributed by atoms with Crippen LogP contribution in [-0.2, 0) is 14.3 Å². The van der Waals surface area contributed by atoms with Crippen LogP contribution in [-0.4, -0.2) is 41.8 Å². The number of esters is 1. The highest BCUT2D eigenvalue weighted by atomic mass is 32.2. The molecule has 0 saturated heterocycles. The summed E-state index contributed by atoms with van der Waals surface area (Å²) < 4.78 is 27.8. The minimum absolute atomic E-state index is 0.0435. The first kappa shape index (κ1) is 18.8. The lowest BCUT2D eigenvalue weighted by Gasteiger charge is -2.07. The van der Waals surface area contributed by atoms with Crippen LogP contribution in [0, 0.1) is 12.7 Å². The molecule has 1 aromatic carbocycles. The Kier molecular flexibility index (Phi) is 7.27. The fourth-order valence-electron chi connectivity index (χ4n) is 1.72. The Morgan fingerprint density at radius 1 is 1.24 bits per heavy atom. The standard InChI is InChI=1S/C16H17FN2O5S/c1-11-8-14(19-24-11)18-15(20)9-25-10-16(21)23-7-6-22-13-4-2-12(17)3-5-13/h2-5,8H,6-7,9-10H2,1H3,(H,18,19,20). The second-order valence-corrected chi connectivity index (χ2v) is 5.87. The summed E-state index contributed by atoms with van der Waals surface area (Å²) in [5.41, 5.74) is 0. The highest BCUT2D eigenvalue weighted by Gasteiger charge is 2.09. The highest BCUT2D eigenvalue weighted by molar-refractivity contribution is 8.00. The summed E-state index contributed by atoms with van der Waals surface area (Å²) in [5, 5.41) is 6.18. The fraction of sp³-hybridized carbons (Fsp3) is 0.312. The summed E-state index contributed by atoms with van der Waals surface area (Å²) in [6, 6.07) is 7.13. The van der Waals surface area contributed by atoms with Gasteiger partial charge in [-0.3, -0.25) is 9.59 Å². The van der Waals surface area contributed by atoms with Crippen molar-refractivity contribution >= 4 is 29.5 Å². The summed E-state index contributed by atoms with van der Waals surface area (Å²) in [6.45, 7) is 1.95. The van der Waals surface area contributed by atoms with Gasteiger partial charge in [0.2, 0.25) is 5.91 Å². The SMILES string of the molecule is Cc1cc(NC(=O)CSCC(=O)OCCOc2ccc(F)cc2)no1. The van der Waals surface area contributed by atoms with E-state index in [-0.39, 0.29) is 36.4 Å². The molecule has 0 aliphatic carbocycles. The smallest absolute Gasteiger partial charge is 0.316 e. The Balaban J connectivity index is 1.53. The number of carbonyl (C=O) groups is 2. The van der Waals surface area contributed by atoms with Crippen molar-refractivity contribution in [1.29, 1.82) is 0 Å². The lowest BCUT2D eigenvalue weighted by molar-refractivity contribution is -0.141. The van der Waals surface area contributed by atoms with Crippen LogP contribution < -0.4 is 10.1 Å². The molecule has 0 aliphatic heterocycles. The van der Waals surface area contributed by atoms with Gasteiger partial charge in [0.15, 0.2) is 5.82 Å². The summed E-state index contributed by atoms with van der Waals surface area (Å²) >= 11 is 1.12. The zero-order chi connectivity index (χ0) is 18.1. The molecule has 1 amide bonds. The quantitative estimate of drug-likeness (QED) is 0.537. The largest absolute Gasteiger partial charge is 0.490 e. The van der Waals surface area contributed by atoms with Gasteiger partial charge in [0.1, 0.15) is 30.5 Å². The molecular formula is C16H17FN2O5S. The second kappa shape index (κ2) is 9.67. The molecule has 1 heterocycles. The maximum atomic E-state index is 12.7. The molecule has 0 saturated carbocycles. The topological polar surface area (TPSA) is 90.7 Å². The third kappa shape index (κ3) is 7.25. The summed E-state index contributed by atoms with van der Waals surface area (Å²) in [4.78, 5) is 23.2. The molecule has 0 aliphatic rings. The number of benzene rings is 1. The van der Waals surface area contributed by atoms with E-state index in [1.807, 2.05) is 0 Å². The van der Waals surface area contributed by atoms with E-state index >= 15 is 0 Å². The van der Waals surface area contributed by atoms with Gasteiger partial charge in [0.25, 0.3) is 0 Å². The third-order valence-electron chi connectivity index (χ3n) is 2.78. The van der Waals surface area contributed by atoms with Crippen molar-refractivity contribution in [2.75, 3.05) is 30.0 Å². The third-order valence-corrected chi connectivity index (χ3v) is 3.68. The Labute approximate surface area is 147 Å². The zero-order valence-electron chi connectivity index (χ0n) is 13.5. The van der Waals surface area contributed by atoms with Gasteiger partial charge in [-0.15, -0.1) is 11.8 Å². The van der Waals surface area contributed by atoms with Crippen molar-refractivity contribution in [3.05, 3.63) is 41.9 Å². The van der Waals surface area contributed by atoms with Gasteiger partial charge in [0.05, 0.1) is 11.5 Å². The van der Waals surface area contributed by atoms with Crippen LogP contribution in [0.25, 0.3) is 0 Å². The number of anilines is 1. The maximum Gasteiger partial charge on any atom is 0.316 e. The number of nitrogens with zero attached hydrogens (tertiary/aromatic N) is 1. The van der Waals surface area contributed by atoms with Gasteiger partial charge in [-0.05, 0) is 31.2 Å². The molecule has 25 heavy (non-hydrogen) atoms. The molecule has 1 N–H and O–H groups in total. The average molecular weight is 368 g/mol. The lowest BCUT2D eigenvalue weighted by atomic mass is 10.3. The van der Waals surface area contributed by atoms with E-state index in [0.717, 1.165) is 11.8 Å². The summed E-state index contributed by atoms with van der Waals surface area (Å²) in [7, 11) is 0. The monoisotopic (exact) mass is 368 g/mol. The minimum atomic E-state index is -0.446. The Hall–Kier alpha value is -2.55. The average Bonchev–Trinajstić information content (AvgIpc) is 2.98. The molecule has 134 valence electrons. The van der Waals surface area contributed by atoms with Crippen molar-refractivity contribution < 1.29 is 28.0 Å². The molecule has 0 spiro atoms. The number of ether oxygens (including phenoxy) is 2. The van der Waals surface area contributed by atoms with E-state index in [0.29, 0.717) is 17.3 Å². The van der Waals surface area contributed by atoms with Crippen molar-refractivity contribution in [2.24, 2.45) is 0 Å². The number of rotatable bonds is 9. The lowest BCUT2D eigenvalue weighted by Crippen LogP contribution is -2.17. The van der Waals surface area contributed by atoms with Gasteiger partial charge in [-0.1, -0.05) is 5.16 Å². The molecule has 0 unspecified atom stereocenters. The number of nitrogens with one attached hydrogen (secondary N) is 1. The molecule has 1 aromatic heterocycles. The molecule has 2 aromatic rings. The Morgan fingerprint density at radius 3 is 2.68 bits per heavy atom. The number of hydrogen-bond acceptors (Lipinski definition) is 7. The number of amides is 1. The van der Waals surface area contributed by atoms with Crippen LogP contribution in [0.4, 0.5) is 10.2 Å². The van der Waals surface area contributed by atoms with Gasteiger partial charge < -0.3 is 19.3 Å². The van der Waals surface area contributed by atoms with Gasteiger partial charge >= 0.3 is 5.97 Å². The zero-order valence-corrected chi connectivity index (χ0v) is 14.3. The molecule has 0 fully saturated rings. The Bertz CT molecular complexity index is 705. The van der Waals surface area contributed by atoms with Gasteiger partial charge in [0, 0.05) is 6.07 Å². The molecule has 0 bridgehead atoms. The number of thioether (sulfide) groups is 1. The van der Waals surface area contributed by atoms with Crippen LogP contribution in [0.1, 0.15) is 5.76 Å². The predicted molar refractivity (Wildman–Crippen MR) is 90.0 cm³/mol. The second-order valence-electron chi connectivity index (χ2n) is 4.89. The predicted octanol–water partition coefficient (Wildman–Crippen LogP) is 2.42. The van der Waals surface area contributed by atoms with E-state index < -0.39 is 5.97 Å². The van der Waals surface area contributed by atoms with Crippen LogP contribution >= 0.6 is 11.8 Å². The molecule has 9 heteroatoms. The first-order chi connectivity index (χ1) is 12.0. The molecule has 0 radical (unpaired) electrons. The molecule has 7 nitrogen and oxygen atoms in total. The van der Waals surface area contributed by atoms with Crippen molar-refractivity contribution in [2.45, 2.75) is 6.92 Å². The first-order valence-corrected chi connectivity index (χ1v) is 8.53. The Morgan fingerprint density at radius 2 is 2.00 bits per heavy atom. The molecule has 0 atom stereocenters. The van der Waals surface area contributed by atoms with E-state index in [1.54, 1.807) is 13.0 Å². The van der Waals surface area contributed by atoms with Crippen LogP contribution in [0.15, 0.2) is 34.9 Å². The number of carbonyl (C=O) groups excluding carboxylic acids is 2. The highest BCUT2D eigenvalue weighted by Crippen LogP contribution is 2.11. The normalized spacial score (nSPS) is 10.3. The summed E-state index contributed by atoms with van der Waals surface area (Å²) in [6.07, 6.45) is 0. The summed E-state index contributed by atoms with van der Waals surface area (Å²) in [5.74, 6) is 0.473. The fourth-order valence-corrected chi connectivity index (χ4v) is 2.33.